The molecule has 0 spiro atoms. The minimum atomic E-state index is -1.44. The zero-order valence-electron chi connectivity index (χ0n) is 10.7. The van der Waals surface area contributed by atoms with Crippen LogP contribution < -0.4 is 0 Å². The maximum Gasteiger partial charge on any atom is 0.178 e. The molecule has 1 aromatic carbocycles. The number of benzene rings is 1. The van der Waals surface area contributed by atoms with Gasteiger partial charge in [0.25, 0.3) is 0 Å². The zero-order valence-corrected chi connectivity index (χ0v) is 12.9. The molecule has 2 atom stereocenters. The van der Waals surface area contributed by atoms with E-state index in [1.807, 2.05) is 26.0 Å². The molecule has 102 valence electrons. The zero-order chi connectivity index (χ0) is 13.8. The minimum Gasteiger partial charge on any atom is -0.364 e. The Balaban J connectivity index is 2.88. The SMILES string of the molecule is CCC(CF)(Cc1ccc(C(O)O)cc1)C(C)I. The summed E-state index contributed by atoms with van der Waals surface area (Å²) in [6, 6.07) is 7.04. The van der Waals surface area contributed by atoms with Gasteiger partial charge in [0, 0.05) is 14.9 Å². The molecule has 1 aromatic rings. The first kappa shape index (κ1) is 15.9. The number of aliphatic hydroxyl groups is 2. The Kier molecular flexibility index (Phi) is 6.01. The van der Waals surface area contributed by atoms with Gasteiger partial charge in [-0.1, -0.05) is 60.7 Å². The Labute approximate surface area is 121 Å². The number of halogens is 2. The first-order valence-electron chi connectivity index (χ1n) is 6.10. The van der Waals surface area contributed by atoms with Crippen molar-refractivity contribution >= 4 is 22.6 Å². The Bertz CT molecular complexity index is 359. The second kappa shape index (κ2) is 6.82. The normalized spacial score (nSPS) is 16.6. The summed E-state index contributed by atoms with van der Waals surface area (Å²) in [6.07, 6.45) is 0.0174. The lowest BCUT2D eigenvalue weighted by atomic mass is 9.78. The summed E-state index contributed by atoms with van der Waals surface area (Å²) in [5.41, 5.74) is 1.16. The molecule has 2 N–H and O–H groups in total. The fraction of sp³-hybridized carbons (Fsp3) is 0.571. The van der Waals surface area contributed by atoms with Crippen molar-refractivity contribution in [2.75, 3.05) is 6.67 Å². The highest BCUT2D eigenvalue weighted by Gasteiger charge is 2.33. The highest BCUT2D eigenvalue weighted by molar-refractivity contribution is 14.1. The fourth-order valence-electron chi connectivity index (χ4n) is 2.01. The molecule has 0 saturated carbocycles. The van der Waals surface area contributed by atoms with E-state index in [-0.39, 0.29) is 16.0 Å². The van der Waals surface area contributed by atoms with Crippen LogP contribution in [-0.4, -0.2) is 20.8 Å². The summed E-state index contributed by atoms with van der Waals surface area (Å²) in [6.45, 7) is 3.72. The molecule has 0 radical (unpaired) electrons. The number of hydrogen-bond acceptors (Lipinski definition) is 2. The quantitative estimate of drug-likeness (QED) is 0.460. The average Bonchev–Trinajstić information content (AvgIpc) is 2.36. The summed E-state index contributed by atoms with van der Waals surface area (Å²) < 4.78 is 13.6. The highest BCUT2D eigenvalue weighted by atomic mass is 127. The summed E-state index contributed by atoms with van der Waals surface area (Å²) in [5, 5.41) is 18.0. The molecule has 0 bridgehead atoms. The number of aliphatic hydroxyl groups excluding tert-OH is 1. The predicted molar refractivity (Wildman–Crippen MR) is 79.5 cm³/mol. The molecule has 18 heavy (non-hydrogen) atoms. The predicted octanol–water partition coefficient (Wildman–Crippen LogP) is 3.40. The van der Waals surface area contributed by atoms with Crippen LogP contribution in [0.1, 0.15) is 37.7 Å². The third-order valence-corrected chi connectivity index (χ3v) is 4.97. The molecule has 0 aliphatic heterocycles. The number of alkyl halides is 2. The van der Waals surface area contributed by atoms with Gasteiger partial charge in [0.1, 0.15) is 0 Å². The largest absolute Gasteiger partial charge is 0.364 e. The topological polar surface area (TPSA) is 40.5 Å². The average molecular weight is 366 g/mol. The summed E-state index contributed by atoms with van der Waals surface area (Å²) in [7, 11) is 0. The van der Waals surface area contributed by atoms with Crippen molar-refractivity contribution < 1.29 is 14.6 Å². The van der Waals surface area contributed by atoms with Gasteiger partial charge in [-0.3, -0.25) is 4.39 Å². The molecule has 1 rings (SSSR count). The van der Waals surface area contributed by atoms with Gasteiger partial charge >= 0.3 is 0 Å². The summed E-state index contributed by atoms with van der Waals surface area (Å²) in [5.74, 6) is 0. The van der Waals surface area contributed by atoms with E-state index in [4.69, 9.17) is 10.2 Å². The lowest BCUT2D eigenvalue weighted by Crippen LogP contribution is -2.33. The Morgan fingerprint density at radius 2 is 1.83 bits per heavy atom. The molecular formula is C14H20FIO2. The fourth-order valence-corrected chi connectivity index (χ4v) is 2.84. The van der Waals surface area contributed by atoms with Crippen LogP contribution in [-0.2, 0) is 6.42 Å². The van der Waals surface area contributed by atoms with Crippen molar-refractivity contribution in [3.05, 3.63) is 35.4 Å². The van der Waals surface area contributed by atoms with Gasteiger partial charge in [0.2, 0.25) is 0 Å². The summed E-state index contributed by atoms with van der Waals surface area (Å²) in [4.78, 5) is 0. The first-order valence-corrected chi connectivity index (χ1v) is 7.34. The summed E-state index contributed by atoms with van der Waals surface area (Å²) >= 11 is 2.28. The van der Waals surface area contributed by atoms with Gasteiger partial charge in [-0.15, -0.1) is 0 Å². The van der Waals surface area contributed by atoms with Crippen molar-refractivity contribution in [1.82, 2.24) is 0 Å². The van der Waals surface area contributed by atoms with Crippen LogP contribution in [0.3, 0.4) is 0 Å². The Hall–Kier alpha value is -0.200. The number of hydrogen-bond donors (Lipinski definition) is 2. The Morgan fingerprint density at radius 3 is 2.17 bits per heavy atom. The van der Waals surface area contributed by atoms with Gasteiger partial charge in [0.05, 0.1) is 6.67 Å². The van der Waals surface area contributed by atoms with Gasteiger partial charge in [0.15, 0.2) is 6.29 Å². The third kappa shape index (κ3) is 3.65. The van der Waals surface area contributed by atoms with E-state index in [1.54, 1.807) is 12.1 Å². The van der Waals surface area contributed by atoms with Gasteiger partial charge < -0.3 is 10.2 Å². The van der Waals surface area contributed by atoms with Gasteiger partial charge in [-0.2, -0.15) is 0 Å². The van der Waals surface area contributed by atoms with E-state index in [9.17, 15) is 4.39 Å². The Morgan fingerprint density at radius 1 is 1.28 bits per heavy atom. The van der Waals surface area contributed by atoms with Crippen molar-refractivity contribution in [3.8, 4) is 0 Å². The first-order chi connectivity index (χ1) is 8.45. The monoisotopic (exact) mass is 366 g/mol. The molecule has 2 unspecified atom stereocenters. The maximum atomic E-state index is 13.4. The van der Waals surface area contributed by atoms with Crippen molar-refractivity contribution in [1.29, 1.82) is 0 Å². The van der Waals surface area contributed by atoms with Crippen LogP contribution in [0.5, 0.6) is 0 Å². The molecule has 4 heteroatoms. The van der Waals surface area contributed by atoms with Crippen LogP contribution in [0.25, 0.3) is 0 Å². The van der Waals surface area contributed by atoms with Crippen LogP contribution >= 0.6 is 22.6 Å². The molecule has 0 aliphatic carbocycles. The lowest BCUT2D eigenvalue weighted by Gasteiger charge is -2.33. The molecule has 0 aromatic heterocycles. The van der Waals surface area contributed by atoms with E-state index in [2.05, 4.69) is 22.6 Å². The van der Waals surface area contributed by atoms with E-state index in [1.165, 1.54) is 0 Å². The molecule has 0 aliphatic rings. The molecule has 0 saturated heterocycles. The van der Waals surface area contributed by atoms with E-state index in [0.717, 1.165) is 12.0 Å². The molecule has 0 amide bonds. The van der Waals surface area contributed by atoms with Crippen molar-refractivity contribution in [2.24, 2.45) is 5.41 Å². The van der Waals surface area contributed by atoms with Crippen LogP contribution in [0, 0.1) is 5.41 Å². The highest BCUT2D eigenvalue weighted by Crippen LogP contribution is 2.36. The minimum absolute atomic E-state index is 0.244. The van der Waals surface area contributed by atoms with Gasteiger partial charge in [-0.05, 0) is 18.4 Å². The number of rotatable bonds is 6. The van der Waals surface area contributed by atoms with Crippen molar-refractivity contribution in [3.63, 3.8) is 0 Å². The van der Waals surface area contributed by atoms with Crippen LogP contribution in [0.4, 0.5) is 4.39 Å². The van der Waals surface area contributed by atoms with Crippen LogP contribution in [0.2, 0.25) is 0 Å². The standard InChI is InChI=1S/C14H20FIO2/c1-3-14(9-15,10(2)16)8-11-4-6-12(7-5-11)13(17)18/h4-7,10,13,17-18H,3,8-9H2,1-2H3. The third-order valence-electron chi connectivity index (χ3n) is 3.65. The van der Waals surface area contributed by atoms with Gasteiger partial charge in [-0.25, -0.2) is 0 Å². The second-order valence-electron chi connectivity index (χ2n) is 4.76. The van der Waals surface area contributed by atoms with E-state index >= 15 is 0 Å². The smallest absolute Gasteiger partial charge is 0.178 e. The second-order valence-corrected chi connectivity index (χ2v) is 6.63. The lowest BCUT2D eigenvalue weighted by molar-refractivity contribution is -0.0424. The maximum absolute atomic E-state index is 13.4. The van der Waals surface area contributed by atoms with Crippen LogP contribution in [0.15, 0.2) is 24.3 Å². The van der Waals surface area contributed by atoms with E-state index < -0.39 is 6.29 Å². The van der Waals surface area contributed by atoms with E-state index in [0.29, 0.717) is 12.0 Å². The molecule has 0 heterocycles. The molecule has 2 nitrogen and oxygen atoms in total. The molecular weight excluding hydrogens is 346 g/mol. The van der Waals surface area contributed by atoms with Crippen molar-refractivity contribution in [2.45, 2.75) is 36.9 Å². The molecule has 0 fully saturated rings.